The van der Waals surface area contributed by atoms with Gasteiger partial charge in [-0.3, -0.25) is 0 Å². The van der Waals surface area contributed by atoms with Crippen molar-refractivity contribution < 1.29 is 0 Å². The van der Waals surface area contributed by atoms with Gasteiger partial charge in [0.1, 0.15) is 0 Å². The fraction of sp³-hybridized carbons (Fsp3) is 0.143. The molecule has 0 atom stereocenters. The van der Waals surface area contributed by atoms with Crippen molar-refractivity contribution in [2.75, 3.05) is 0 Å². The average molecular weight is 298 g/mol. The molecular formula is C7H7Pb. The molecule has 0 nitrogen and oxygen atoms in total. The van der Waals surface area contributed by atoms with Crippen LogP contribution in [0, 0.1) is 0 Å². The molecule has 0 aromatic heterocycles. The second-order valence-electron chi connectivity index (χ2n) is 1.66. The predicted octanol–water partition coefficient (Wildman–Crippen LogP) is 1.36. The van der Waals surface area contributed by atoms with E-state index < -0.39 is 0 Å². The molecule has 39 valence electrons. The monoisotopic (exact) mass is 299 g/mol. The summed E-state index contributed by atoms with van der Waals surface area (Å²) in [4.78, 5) is 0. The molecule has 0 fully saturated rings. The Morgan fingerprint density at radius 3 is 2.12 bits per heavy atom. The summed E-state index contributed by atoms with van der Waals surface area (Å²) in [7, 11) is 0. The van der Waals surface area contributed by atoms with Gasteiger partial charge in [-0.25, -0.2) is 0 Å². The van der Waals surface area contributed by atoms with E-state index in [9.17, 15) is 0 Å². The molecule has 0 heterocycles. The molecule has 0 N–H and O–H groups in total. The van der Waals surface area contributed by atoms with Gasteiger partial charge in [0.2, 0.25) is 0 Å². The first-order valence-electron chi connectivity index (χ1n) is 2.62. The summed E-state index contributed by atoms with van der Waals surface area (Å²) in [5, 5.41) is 0. The third kappa shape index (κ3) is 1.58. The first-order valence-corrected chi connectivity index (χ1v) is 5.37. The maximum absolute atomic E-state index is 2.17. The molecule has 0 aliphatic heterocycles. The van der Waals surface area contributed by atoms with Crippen molar-refractivity contribution in [1.29, 1.82) is 0 Å². The van der Waals surface area contributed by atoms with Gasteiger partial charge >= 0.3 is 65.6 Å². The van der Waals surface area contributed by atoms with Crippen molar-refractivity contribution in [3.05, 3.63) is 35.9 Å². The van der Waals surface area contributed by atoms with E-state index >= 15 is 0 Å². The second-order valence-corrected chi connectivity index (χ2v) is 3.04. The van der Waals surface area contributed by atoms with Crippen molar-refractivity contribution in [2.24, 2.45) is 0 Å². The normalized spacial score (nSPS) is 9.12. The Hall–Kier alpha value is 0.142. The first kappa shape index (κ1) is 6.26. The summed E-state index contributed by atoms with van der Waals surface area (Å²) < 4.78 is 1.28. The van der Waals surface area contributed by atoms with Crippen LogP contribution >= 0.6 is 0 Å². The van der Waals surface area contributed by atoms with Gasteiger partial charge in [0, 0.05) is 0 Å². The van der Waals surface area contributed by atoms with E-state index in [0.29, 0.717) is 0 Å². The second kappa shape index (κ2) is 3.22. The van der Waals surface area contributed by atoms with E-state index in [1.54, 1.807) is 0 Å². The van der Waals surface area contributed by atoms with Crippen LogP contribution in [0.5, 0.6) is 0 Å². The molecule has 1 heteroatoms. The topological polar surface area (TPSA) is 0 Å². The molecule has 3 radical (unpaired) electrons. The molecule has 1 rings (SSSR count). The van der Waals surface area contributed by atoms with Gasteiger partial charge in [-0.2, -0.15) is 0 Å². The van der Waals surface area contributed by atoms with Gasteiger partial charge in [-0.1, -0.05) is 0 Å². The third-order valence-corrected chi connectivity index (χ3v) is 2.63. The summed E-state index contributed by atoms with van der Waals surface area (Å²) in [6.07, 6.45) is 0. The molecule has 0 saturated carbocycles. The van der Waals surface area contributed by atoms with Crippen LogP contribution in [0.1, 0.15) is 5.56 Å². The minimum absolute atomic E-state index is 1.28. The molecule has 1 aromatic rings. The Bertz CT molecular complexity index is 146. The molecule has 0 spiro atoms. The fourth-order valence-corrected chi connectivity index (χ4v) is 1.51. The molecule has 0 amide bonds. The molecule has 0 bridgehead atoms. The van der Waals surface area contributed by atoms with Crippen LogP contribution in [0.3, 0.4) is 0 Å². The van der Waals surface area contributed by atoms with Crippen LogP contribution in [0.25, 0.3) is 0 Å². The molecule has 0 unspecified atom stereocenters. The summed E-state index contributed by atoms with van der Waals surface area (Å²) in [6.45, 7) is 0. The van der Waals surface area contributed by atoms with Gasteiger partial charge in [-0.05, 0) is 0 Å². The van der Waals surface area contributed by atoms with Crippen molar-refractivity contribution >= 4 is 25.8 Å². The van der Waals surface area contributed by atoms with Crippen molar-refractivity contribution in [1.82, 2.24) is 0 Å². The van der Waals surface area contributed by atoms with E-state index in [4.69, 9.17) is 0 Å². The minimum atomic E-state index is 1.28. The standard InChI is InChI=1S/C7H7.Pb/c1-7-5-3-2-4-6-7;/h2-6H,1H2;. The van der Waals surface area contributed by atoms with E-state index in [2.05, 4.69) is 30.3 Å². The predicted molar refractivity (Wildman–Crippen MR) is 35.9 cm³/mol. The molecule has 0 aliphatic carbocycles. The summed E-state index contributed by atoms with van der Waals surface area (Å²) in [5.41, 5.74) is 1.47. The molecule has 0 aliphatic rings. The fourth-order valence-electron chi connectivity index (χ4n) is 0.596. The van der Waals surface area contributed by atoms with Gasteiger partial charge in [-0.15, -0.1) is 0 Å². The van der Waals surface area contributed by atoms with Gasteiger partial charge in [0.05, 0.1) is 0 Å². The first-order chi connectivity index (χ1) is 3.93. The summed E-state index contributed by atoms with van der Waals surface area (Å²) >= 11 is 1.28. The third-order valence-electron chi connectivity index (χ3n) is 1.05. The molecular weight excluding hydrogens is 291 g/mol. The number of rotatable bonds is 1. The van der Waals surface area contributed by atoms with E-state index in [-0.39, 0.29) is 0 Å². The van der Waals surface area contributed by atoms with E-state index in [1.165, 1.54) is 35.3 Å². The van der Waals surface area contributed by atoms with Gasteiger partial charge in [0.25, 0.3) is 0 Å². The van der Waals surface area contributed by atoms with Crippen molar-refractivity contribution in [3.8, 4) is 0 Å². The van der Waals surface area contributed by atoms with Crippen LogP contribution in [-0.4, -0.2) is 25.8 Å². The Kier molecular flexibility index (Phi) is 2.52. The molecule has 8 heavy (non-hydrogen) atoms. The van der Waals surface area contributed by atoms with Gasteiger partial charge < -0.3 is 0 Å². The number of hydrogen-bond acceptors (Lipinski definition) is 0. The van der Waals surface area contributed by atoms with Crippen LogP contribution in [0.15, 0.2) is 30.3 Å². The zero-order valence-corrected chi connectivity index (χ0v) is 8.48. The average Bonchev–Trinajstić information content (AvgIpc) is 1.90. The van der Waals surface area contributed by atoms with Crippen LogP contribution in [0.2, 0.25) is 0 Å². The van der Waals surface area contributed by atoms with E-state index in [0.717, 1.165) is 0 Å². The molecule has 1 aromatic carbocycles. The van der Waals surface area contributed by atoms with Crippen LogP contribution in [-0.2, 0) is 3.98 Å². The SMILES string of the molecule is [Pb][CH2]c1ccccc1. The zero-order chi connectivity index (χ0) is 5.82. The Labute approximate surface area is 65.6 Å². The van der Waals surface area contributed by atoms with Gasteiger partial charge in [0.15, 0.2) is 0 Å². The van der Waals surface area contributed by atoms with Crippen molar-refractivity contribution in [2.45, 2.75) is 3.98 Å². The molecule has 0 saturated heterocycles. The van der Waals surface area contributed by atoms with Crippen LogP contribution in [0.4, 0.5) is 0 Å². The Balaban J connectivity index is 2.83. The summed E-state index contributed by atoms with van der Waals surface area (Å²) in [6, 6.07) is 10.6. The van der Waals surface area contributed by atoms with Crippen molar-refractivity contribution in [3.63, 3.8) is 0 Å². The van der Waals surface area contributed by atoms with E-state index in [1.807, 2.05) is 0 Å². The quantitative estimate of drug-likeness (QED) is 0.687. The summed E-state index contributed by atoms with van der Waals surface area (Å²) in [5.74, 6) is 0. The van der Waals surface area contributed by atoms with Crippen LogP contribution < -0.4 is 0 Å². The zero-order valence-electron chi connectivity index (χ0n) is 4.59. The number of benzene rings is 1. The maximum atomic E-state index is 2.17. The Morgan fingerprint density at radius 1 is 1.12 bits per heavy atom. The Morgan fingerprint density at radius 2 is 1.75 bits per heavy atom. The number of hydrogen-bond donors (Lipinski definition) is 0.